The molecule has 1 aliphatic carbocycles. The van der Waals surface area contributed by atoms with Crippen LogP contribution in [0.15, 0.2) is 23.1 Å². The van der Waals surface area contributed by atoms with Gasteiger partial charge in [-0.25, -0.2) is 13.1 Å². The number of rotatable bonds is 5. The molecule has 0 aromatic heterocycles. The van der Waals surface area contributed by atoms with E-state index in [2.05, 4.69) is 11.6 Å². The molecule has 3 N–H and O–H groups in total. The third-order valence-electron chi connectivity index (χ3n) is 4.67. The van der Waals surface area contributed by atoms with Crippen LogP contribution < -0.4 is 10.5 Å². The summed E-state index contributed by atoms with van der Waals surface area (Å²) in [5.41, 5.74) is 7.07. The van der Waals surface area contributed by atoms with E-state index in [1.54, 1.807) is 25.1 Å². The molecule has 5 heteroatoms. The van der Waals surface area contributed by atoms with Crippen LogP contribution in [0.1, 0.15) is 44.6 Å². The third-order valence-corrected chi connectivity index (χ3v) is 6.21. The van der Waals surface area contributed by atoms with Crippen molar-refractivity contribution in [2.75, 3.05) is 12.3 Å². The zero-order chi connectivity index (χ0) is 14.8. The largest absolute Gasteiger partial charge is 0.398 e. The molecular formula is C15H24N2O2S. The summed E-state index contributed by atoms with van der Waals surface area (Å²) in [6.45, 7) is 4.42. The van der Waals surface area contributed by atoms with Crippen molar-refractivity contribution in [2.45, 2.75) is 50.8 Å². The fourth-order valence-corrected chi connectivity index (χ4v) is 4.46. The molecule has 4 nitrogen and oxygen atoms in total. The van der Waals surface area contributed by atoms with Gasteiger partial charge >= 0.3 is 0 Å². The van der Waals surface area contributed by atoms with Crippen LogP contribution in [0.3, 0.4) is 0 Å². The monoisotopic (exact) mass is 296 g/mol. The zero-order valence-electron chi connectivity index (χ0n) is 12.3. The summed E-state index contributed by atoms with van der Waals surface area (Å²) >= 11 is 0. The number of nitrogens with two attached hydrogens (primary N) is 1. The number of anilines is 1. The molecule has 0 aliphatic heterocycles. The maximum Gasteiger partial charge on any atom is 0.240 e. The van der Waals surface area contributed by atoms with Gasteiger partial charge in [0.05, 0.1) is 4.90 Å². The Balaban J connectivity index is 2.17. The van der Waals surface area contributed by atoms with Crippen molar-refractivity contribution in [3.8, 4) is 0 Å². The van der Waals surface area contributed by atoms with Gasteiger partial charge < -0.3 is 5.73 Å². The van der Waals surface area contributed by atoms with Gasteiger partial charge in [0.1, 0.15) is 0 Å². The molecule has 1 saturated carbocycles. The molecule has 20 heavy (non-hydrogen) atoms. The number of nitrogen functional groups attached to an aromatic ring is 1. The van der Waals surface area contributed by atoms with Crippen molar-refractivity contribution in [3.63, 3.8) is 0 Å². The van der Waals surface area contributed by atoms with Crippen LogP contribution in [0.4, 0.5) is 5.69 Å². The summed E-state index contributed by atoms with van der Waals surface area (Å²) in [5, 5.41) is 0. The number of hydrogen-bond donors (Lipinski definition) is 2. The van der Waals surface area contributed by atoms with Gasteiger partial charge in [0.25, 0.3) is 0 Å². The Labute approximate surface area is 121 Å². The molecule has 2 rings (SSSR count). The predicted octanol–water partition coefficient (Wildman–Crippen LogP) is 2.83. The van der Waals surface area contributed by atoms with E-state index >= 15 is 0 Å². The normalized spacial score (nSPS) is 18.3. The molecule has 112 valence electrons. The van der Waals surface area contributed by atoms with Crippen molar-refractivity contribution >= 4 is 15.7 Å². The number of hydrogen-bond acceptors (Lipinski definition) is 3. The molecule has 1 aromatic carbocycles. The first-order chi connectivity index (χ1) is 9.40. The van der Waals surface area contributed by atoms with Crippen molar-refractivity contribution in [1.82, 2.24) is 4.72 Å². The Kier molecular flexibility index (Phi) is 4.39. The second kappa shape index (κ2) is 5.74. The summed E-state index contributed by atoms with van der Waals surface area (Å²) in [6, 6.07) is 5.02. The summed E-state index contributed by atoms with van der Waals surface area (Å²) in [5.74, 6) is 0. The smallest absolute Gasteiger partial charge is 0.240 e. The first kappa shape index (κ1) is 15.3. The maximum atomic E-state index is 12.5. The molecule has 1 aliphatic rings. The van der Waals surface area contributed by atoms with E-state index in [1.807, 2.05) is 0 Å². The standard InChI is InChI=1S/C15H24N2O2S/c1-3-15(9-4-5-10-15)11-17-20(18,19)14-8-6-7-13(16)12(14)2/h6-8,17H,3-5,9-11,16H2,1-2H3. The van der Waals surface area contributed by atoms with Crippen LogP contribution in [0.2, 0.25) is 0 Å². The molecule has 0 bridgehead atoms. The first-order valence-corrected chi connectivity index (χ1v) is 8.73. The van der Waals surface area contributed by atoms with E-state index in [0.717, 1.165) is 19.3 Å². The molecule has 0 unspecified atom stereocenters. The van der Waals surface area contributed by atoms with Gasteiger partial charge in [-0.1, -0.05) is 25.8 Å². The second-order valence-electron chi connectivity index (χ2n) is 5.86. The Hall–Kier alpha value is -1.07. The van der Waals surface area contributed by atoms with Gasteiger partial charge in [-0.2, -0.15) is 0 Å². The minimum atomic E-state index is -3.48. The fraction of sp³-hybridized carbons (Fsp3) is 0.600. The topological polar surface area (TPSA) is 72.2 Å². The van der Waals surface area contributed by atoms with E-state index in [4.69, 9.17) is 5.73 Å². The van der Waals surface area contributed by atoms with Crippen molar-refractivity contribution in [1.29, 1.82) is 0 Å². The van der Waals surface area contributed by atoms with Crippen LogP contribution in [0.25, 0.3) is 0 Å². The summed E-state index contributed by atoms with van der Waals surface area (Å²) in [4.78, 5) is 0.293. The van der Waals surface area contributed by atoms with Gasteiger partial charge in [0, 0.05) is 12.2 Å². The minimum Gasteiger partial charge on any atom is -0.398 e. The number of benzene rings is 1. The first-order valence-electron chi connectivity index (χ1n) is 7.25. The molecule has 0 saturated heterocycles. The third kappa shape index (κ3) is 2.99. The lowest BCUT2D eigenvalue weighted by Gasteiger charge is -2.27. The Morgan fingerprint density at radius 1 is 1.30 bits per heavy atom. The highest BCUT2D eigenvalue weighted by Gasteiger charge is 2.33. The lowest BCUT2D eigenvalue weighted by Crippen LogP contribution is -2.35. The molecule has 0 radical (unpaired) electrons. The van der Waals surface area contributed by atoms with Crippen LogP contribution >= 0.6 is 0 Å². The van der Waals surface area contributed by atoms with Gasteiger partial charge in [0.2, 0.25) is 10.0 Å². The Morgan fingerprint density at radius 3 is 2.55 bits per heavy atom. The van der Waals surface area contributed by atoms with Crippen molar-refractivity contribution < 1.29 is 8.42 Å². The van der Waals surface area contributed by atoms with Gasteiger partial charge in [-0.05, 0) is 49.3 Å². The van der Waals surface area contributed by atoms with Crippen LogP contribution in [0, 0.1) is 12.3 Å². The second-order valence-corrected chi connectivity index (χ2v) is 7.59. The van der Waals surface area contributed by atoms with E-state index < -0.39 is 10.0 Å². The lowest BCUT2D eigenvalue weighted by atomic mass is 9.84. The summed E-state index contributed by atoms with van der Waals surface area (Å²) < 4.78 is 27.7. The fourth-order valence-electron chi connectivity index (χ4n) is 3.03. The number of nitrogens with one attached hydrogen (secondary N) is 1. The highest BCUT2D eigenvalue weighted by Crippen LogP contribution is 2.40. The highest BCUT2D eigenvalue weighted by molar-refractivity contribution is 7.89. The predicted molar refractivity (Wildman–Crippen MR) is 82.0 cm³/mol. The SMILES string of the molecule is CCC1(CNS(=O)(=O)c2cccc(N)c2C)CCCC1. The molecule has 1 fully saturated rings. The van der Waals surface area contributed by atoms with Crippen LogP contribution in [0.5, 0.6) is 0 Å². The van der Waals surface area contributed by atoms with Crippen LogP contribution in [-0.4, -0.2) is 15.0 Å². The number of sulfonamides is 1. The van der Waals surface area contributed by atoms with Crippen LogP contribution in [-0.2, 0) is 10.0 Å². The maximum absolute atomic E-state index is 12.5. The molecule has 0 heterocycles. The molecule has 0 atom stereocenters. The van der Waals surface area contributed by atoms with E-state index in [9.17, 15) is 8.42 Å². The van der Waals surface area contributed by atoms with Crippen molar-refractivity contribution in [3.05, 3.63) is 23.8 Å². The van der Waals surface area contributed by atoms with E-state index in [0.29, 0.717) is 22.7 Å². The Morgan fingerprint density at radius 2 is 1.95 bits per heavy atom. The van der Waals surface area contributed by atoms with E-state index in [-0.39, 0.29) is 5.41 Å². The van der Waals surface area contributed by atoms with Crippen molar-refractivity contribution in [2.24, 2.45) is 5.41 Å². The molecular weight excluding hydrogens is 272 g/mol. The van der Waals surface area contributed by atoms with Gasteiger partial charge in [0.15, 0.2) is 0 Å². The van der Waals surface area contributed by atoms with Gasteiger partial charge in [-0.15, -0.1) is 0 Å². The summed E-state index contributed by atoms with van der Waals surface area (Å²) in [7, 11) is -3.48. The molecule has 0 amide bonds. The molecule has 1 aromatic rings. The average Bonchev–Trinajstić information content (AvgIpc) is 2.89. The zero-order valence-corrected chi connectivity index (χ0v) is 13.1. The lowest BCUT2D eigenvalue weighted by molar-refractivity contribution is 0.285. The minimum absolute atomic E-state index is 0.140. The van der Waals surface area contributed by atoms with Gasteiger partial charge in [-0.3, -0.25) is 0 Å². The highest BCUT2D eigenvalue weighted by atomic mass is 32.2. The quantitative estimate of drug-likeness (QED) is 0.821. The Bertz CT molecular complexity index is 576. The van der Waals surface area contributed by atoms with E-state index in [1.165, 1.54) is 12.8 Å². The average molecular weight is 296 g/mol. The summed E-state index contributed by atoms with van der Waals surface area (Å²) in [6.07, 6.45) is 5.65. The molecule has 0 spiro atoms.